The second-order valence-corrected chi connectivity index (χ2v) is 8.32. The van der Waals surface area contributed by atoms with E-state index < -0.39 is 0 Å². The molecule has 1 aliphatic heterocycles. The molecule has 1 N–H and O–H groups in total. The molecule has 4 rings (SSSR count). The number of methoxy groups -OCH3 is 1. The molecule has 142 valence electrons. The largest absolute Gasteiger partial charge is 0.496 e. The zero-order valence-electron chi connectivity index (χ0n) is 15.6. The molecule has 1 amide bonds. The topological polar surface area (TPSA) is 47.6 Å². The number of amides is 1. The minimum Gasteiger partial charge on any atom is -0.496 e. The summed E-state index contributed by atoms with van der Waals surface area (Å²) < 4.78 is 11.4. The van der Waals surface area contributed by atoms with Crippen LogP contribution in [-0.4, -0.2) is 30.6 Å². The fourth-order valence-corrected chi connectivity index (χ4v) is 4.49. The molecule has 0 radical (unpaired) electrons. The predicted molar refractivity (Wildman–Crippen MR) is 109 cm³/mol. The lowest BCUT2D eigenvalue weighted by atomic mass is 9.87. The number of ether oxygens (including phenoxy) is 2. The number of benzene rings is 2. The van der Waals surface area contributed by atoms with Gasteiger partial charge in [0.15, 0.2) is 0 Å². The van der Waals surface area contributed by atoms with Gasteiger partial charge < -0.3 is 14.8 Å². The fourth-order valence-electron chi connectivity index (χ4n) is 3.93. The number of nitrogens with one attached hydrogen (secondary N) is 1. The minimum atomic E-state index is -0.359. The third kappa shape index (κ3) is 3.79. The zero-order valence-corrected chi connectivity index (χ0v) is 16.4. The third-order valence-electron chi connectivity index (χ3n) is 5.46. The zero-order chi connectivity index (χ0) is 18.7. The van der Waals surface area contributed by atoms with Crippen molar-refractivity contribution >= 4 is 17.7 Å². The Bertz CT molecular complexity index is 795. The molecule has 5 heteroatoms. The summed E-state index contributed by atoms with van der Waals surface area (Å²) >= 11 is 1.89. The molecule has 2 aromatic carbocycles. The second-order valence-electron chi connectivity index (χ2n) is 7.25. The normalized spacial score (nSPS) is 18.6. The van der Waals surface area contributed by atoms with Crippen LogP contribution in [0.25, 0.3) is 0 Å². The Kier molecular flexibility index (Phi) is 5.30. The highest BCUT2D eigenvalue weighted by molar-refractivity contribution is 8.00. The van der Waals surface area contributed by atoms with E-state index in [1.807, 2.05) is 54.2 Å². The van der Waals surface area contributed by atoms with E-state index in [0.717, 1.165) is 54.3 Å². The van der Waals surface area contributed by atoms with Crippen LogP contribution in [0.15, 0.2) is 48.5 Å². The van der Waals surface area contributed by atoms with Crippen molar-refractivity contribution < 1.29 is 14.3 Å². The lowest BCUT2D eigenvalue weighted by Gasteiger charge is -2.32. The average Bonchev–Trinajstić information content (AvgIpc) is 3.14. The Balaban J connectivity index is 1.52. The van der Waals surface area contributed by atoms with Crippen LogP contribution < -0.4 is 14.8 Å². The maximum atomic E-state index is 13.0. The van der Waals surface area contributed by atoms with E-state index in [0.29, 0.717) is 11.7 Å². The van der Waals surface area contributed by atoms with E-state index >= 15 is 0 Å². The molecule has 2 aliphatic rings. The number of rotatable bonds is 6. The van der Waals surface area contributed by atoms with Gasteiger partial charge in [-0.1, -0.05) is 31.0 Å². The van der Waals surface area contributed by atoms with Crippen LogP contribution in [0.2, 0.25) is 0 Å². The number of thioether (sulfide) groups is 1. The van der Waals surface area contributed by atoms with Crippen LogP contribution in [0.4, 0.5) is 0 Å². The highest BCUT2D eigenvalue weighted by atomic mass is 32.2. The molecular weight excluding hydrogens is 358 g/mol. The van der Waals surface area contributed by atoms with Crippen LogP contribution in [0.5, 0.6) is 11.5 Å². The van der Waals surface area contributed by atoms with Crippen LogP contribution in [-0.2, 0) is 5.54 Å². The monoisotopic (exact) mass is 383 g/mol. The van der Waals surface area contributed by atoms with E-state index in [2.05, 4.69) is 11.4 Å². The maximum absolute atomic E-state index is 13.0. The minimum absolute atomic E-state index is 0.0476. The lowest BCUT2D eigenvalue weighted by molar-refractivity contribution is 0.0897. The molecule has 0 unspecified atom stereocenters. The van der Waals surface area contributed by atoms with Gasteiger partial charge in [-0.3, -0.25) is 4.79 Å². The van der Waals surface area contributed by atoms with Crippen LogP contribution in [0.3, 0.4) is 0 Å². The Morgan fingerprint density at radius 2 is 1.78 bits per heavy atom. The van der Waals surface area contributed by atoms with Crippen molar-refractivity contribution in [2.24, 2.45) is 0 Å². The molecule has 0 aromatic heterocycles. The number of hydrogen-bond acceptors (Lipinski definition) is 4. The molecule has 1 heterocycles. The Labute approximate surface area is 164 Å². The molecule has 4 nitrogen and oxygen atoms in total. The van der Waals surface area contributed by atoms with Crippen molar-refractivity contribution in [1.82, 2.24) is 5.32 Å². The van der Waals surface area contributed by atoms with Crippen LogP contribution >= 0.6 is 11.8 Å². The summed E-state index contributed by atoms with van der Waals surface area (Å²) in [5.41, 5.74) is 1.37. The van der Waals surface area contributed by atoms with Crippen molar-refractivity contribution in [3.05, 3.63) is 59.7 Å². The summed E-state index contributed by atoms with van der Waals surface area (Å²) in [5.74, 6) is 3.71. The van der Waals surface area contributed by atoms with Crippen molar-refractivity contribution in [3.63, 3.8) is 0 Å². The summed E-state index contributed by atoms with van der Waals surface area (Å²) in [7, 11) is 1.68. The average molecular weight is 384 g/mol. The number of carbonyl (C=O) groups is 1. The van der Waals surface area contributed by atoms with Gasteiger partial charge in [-0.2, -0.15) is 11.8 Å². The van der Waals surface area contributed by atoms with Gasteiger partial charge in [-0.15, -0.1) is 0 Å². The first-order chi connectivity index (χ1) is 13.2. The van der Waals surface area contributed by atoms with Gasteiger partial charge in [0.1, 0.15) is 17.6 Å². The SMILES string of the molecule is COc1ccccc1C1(NC(=O)c2ccc(OC3CSC3)cc2)CCCC1. The van der Waals surface area contributed by atoms with Gasteiger partial charge >= 0.3 is 0 Å². The third-order valence-corrected chi connectivity index (χ3v) is 6.67. The smallest absolute Gasteiger partial charge is 0.251 e. The molecule has 1 aliphatic carbocycles. The molecule has 2 aromatic rings. The molecule has 1 saturated carbocycles. The number of para-hydroxylation sites is 1. The standard InChI is InChI=1S/C22H25NO3S/c1-25-20-7-3-2-6-19(20)22(12-4-5-13-22)23-21(24)16-8-10-17(11-9-16)26-18-14-27-15-18/h2-3,6-11,18H,4-5,12-15H2,1H3,(H,23,24). The van der Waals surface area contributed by atoms with Gasteiger partial charge in [0.05, 0.1) is 12.6 Å². The molecule has 0 spiro atoms. The van der Waals surface area contributed by atoms with Crippen molar-refractivity contribution in [3.8, 4) is 11.5 Å². The van der Waals surface area contributed by atoms with Gasteiger partial charge in [-0.05, 0) is 43.2 Å². The fraction of sp³-hybridized carbons (Fsp3) is 0.409. The maximum Gasteiger partial charge on any atom is 0.251 e. The van der Waals surface area contributed by atoms with E-state index in [-0.39, 0.29) is 11.4 Å². The first kappa shape index (κ1) is 18.2. The summed E-state index contributed by atoms with van der Waals surface area (Å²) in [6, 6.07) is 15.5. The van der Waals surface area contributed by atoms with Gasteiger partial charge in [-0.25, -0.2) is 0 Å². The number of hydrogen-bond donors (Lipinski definition) is 1. The molecular formula is C22H25NO3S. The van der Waals surface area contributed by atoms with E-state index in [9.17, 15) is 4.79 Å². The molecule has 27 heavy (non-hydrogen) atoms. The Hall–Kier alpha value is -2.14. The highest BCUT2D eigenvalue weighted by Gasteiger charge is 2.39. The number of carbonyl (C=O) groups excluding carboxylic acids is 1. The van der Waals surface area contributed by atoms with E-state index in [1.54, 1.807) is 7.11 Å². The summed E-state index contributed by atoms with van der Waals surface area (Å²) in [6.45, 7) is 0. The molecule has 0 atom stereocenters. The van der Waals surface area contributed by atoms with Crippen molar-refractivity contribution in [1.29, 1.82) is 0 Å². The summed E-state index contributed by atoms with van der Waals surface area (Å²) in [6.07, 6.45) is 4.37. The molecule has 0 bridgehead atoms. The Morgan fingerprint density at radius 1 is 1.07 bits per heavy atom. The van der Waals surface area contributed by atoms with E-state index in [1.165, 1.54) is 0 Å². The molecule has 2 fully saturated rings. The van der Waals surface area contributed by atoms with E-state index in [4.69, 9.17) is 9.47 Å². The molecule has 1 saturated heterocycles. The predicted octanol–water partition coefficient (Wildman–Crippen LogP) is 4.39. The van der Waals surface area contributed by atoms with Crippen LogP contribution in [0, 0.1) is 0 Å². The summed E-state index contributed by atoms with van der Waals surface area (Å²) in [4.78, 5) is 13.0. The van der Waals surface area contributed by atoms with Gasteiger partial charge in [0.2, 0.25) is 0 Å². The Morgan fingerprint density at radius 3 is 2.41 bits per heavy atom. The van der Waals surface area contributed by atoms with Crippen molar-refractivity contribution in [2.45, 2.75) is 37.3 Å². The van der Waals surface area contributed by atoms with Crippen molar-refractivity contribution in [2.75, 3.05) is 18.6 Å². The van der Waals surface area contributed by atoms with Crippen LogP contribution in [0.1, 0.15) is 41.6 Å². The first-order valence-electron chi connectivity index (χ1n) is 9.51. The second kappa shape index (κ2) is 7.85. The first-order valence-corrected chi connectivity index (χ1v) is 10.7. The highest BCUT2D eigenvalue weighted by Crippen LogP contribution is 2.42. The summed E-state index contributed by atoms with van der Waals surface area (Å²) in [5, 5.41) is 3.32. The van der Waals surface area contributed by atoms with Gasteiger partial charge in [0, 0.05) is 22.6 Å². The quantitative estimate of drug-likeness (QED) is 0.804. The lowest BCUT2D eigenvalue weighted by Crippen LogP contribution is -2.44. The van der Waals surface area contributed by atoms with Gasteiger partial charge in [0.25, 0.3) is 5.91 Å².